The molecule has 0 aliphatic rings. The summed E-state index contributed by atoms with van der Waals surface area (Å²) < 4.78 is 26.8. The number of nitrogens with zero attached hydrogens (tertiary/aromatic N) is 2. The average molecular weight is 467 g/mol. The Morgan fingerprint density at radius 2 is 1.79 bits per heavy atom. The quantitative estimate of drug-likeness (QED) is 0.316. The lowest BCUT2D eigenvalue weighted by Gasteiger charge is -2.09. The Morgan fingerprint density at radius 3 is 2.52 bits per heavy atom. The number of hydrogen-bond acceptors (Lipinski definition) is 6. The third-order valence-corrected chi connectivity index (χ3v) is 6.73. The van der Waals surface area contributed by atoms with E-state index in [1.165, 1.54) is 31.6 Å². The van der Waals surface area contributed by atoms with E-state index < -0.39 is 0 Å². The minimum atomic E-state index is -0.276. The third-order valence-electron chi connectivity index (χ3n) is 5.72. The highest BCUT2D eigenvalue weighted by atomic mass is 32.1. The van der Waals surface area contributed by atoms with Crippen LogP contribution in [0.2, 0.25) is 0 Å². The van der Waals surface area contributed by atoms with Crippen molar-refractivity contribution in [2.24, 2.45) is 7.05 Å². The predicted octanol–water partition coefficient (Wildman–Crippen LogP) is 5.61. The Morgan fingerprint density at radius 1 is 1.06 bits per heavy atom. The van der Waals surface area contributed by atoms with E-state index in [-0.39, 0.29) is 36.0 Å². The molecule has 2 heterocycles. The summed E-state index contributed by atoms with van der Waals surface area (Å²) in [5, 5.41) is 2.63. The van der Waals surface area contributed by atoms with Gasteiger partial charge in [0.15, 0.2) is 28.9 Å². The molecular formula is C25H23FN2O4S. The minimum Gasteiger partial charge on any atom is -0.493 e. The molecular weight excluding hydrogens is 443 g/mol. The third kappa shape index (κ3) is 4.14. The number of aromatic nitrogens is 2. The summed E-state index contributed by atoms with van der Waals surface area (Å²) in [5.74, 6) is 0.585. The van der Waals surface area contributed by atoms with E-state index in [9.17, 15) is 14.0 Å². The summed E-state index contributed by atoms with van der Waals surface area (Å²) in [6, 6.07) is 9.86. The van der Waals surface area contributed by atoms with Gasteiger partial charge in [0.25, 0.3) is 0 Å². The minimum absolute atomic E-state index is 0.0237. The fourth-order valence-electron chi connectivity index (χ4n) is 3.78. The number of rotatable bonds is 8. The van der Waals surface area contributed by atoms with Gasteiger partial charge in [0.05, 0.1) is 24.6 Å². The van der Waals surface area contributed by atoms with Crippen LogP contribution in [0.25, 0.3) is 21.3 Å². The molecule has 0 bridgehead atoms. The molecule has 2 aromatic carbocycles. The molecule has 33 heavy (non-hydrogen) atoms. The van der Waals surface area contributed by atoms with Crippen LogP contribution in [-0.2, 0) is 7.05 Å². The highest BCUT2D eigenvalue weighted by molar-refractivity contribution is 7.17. The van der Waals surface area contributed by atoms with Gasteiger partial charge in [-0.15, -0.1) is 11.3 Å². The average Bonchev–Trinajstić information content (AvgIpc) is 3.38. The largest absolute Gasteiger partial charge is 0.493 e. The second-order valence-electron chi connectivity index (χ2n) is 7.61. The molecule has 0 saturated carbocycles. The molecule has 0 atom stereocenters. The highest BCUT2D eigenvalue weighted by Crippen LogP contribution is 2.36. The zero-order valence-electron chi connectivity index (χ0n) is 18.8. The first-order valence-electron chi connectivity index (χ1n) is 10.3. The number of fused-ring (bicyclic) bond motifs is 1. The summed E-state index contributed by atoms with van der Waals surface area (Å²) in [7, 11) is 4.79. The van der Waals surface area contributed by atoms with Crippen LogP contribution in [0.15, 0.2) is 41.8 Å². The van der Waals surface area contributed by atoms with Crippen molar-refractivity contribution >= 4 is 33.0 Å². The van der Waals surface area contributed by atoms with Gasteiger partial charge in [-0.3, -0.25) is 9.59 Å². The smallest absolute Gasteiger partial charge is 0.198 e. The zero-order chi connectivity index (χ0) is 23.7. The van der Waals surface area contributed by atoms with Crippen molar-refractivity contribution in [2.75, 3.05) is 14.2 Å². The van der Waals surface area contributed by atoms with Crippen LogP contribution in [0.3, 0.4) is 0 Å². The maximum absolute atomic E-state index is 14.1. The molecule has 0 aliphatic carbocycles. The summed E-state index contributed by atoms with van der Waals surface area (Å²) in [4.78, 5) is 30.2. The van der Waals surface area contributed by atoms with Crippen molar-refractivity contribution in [3.8, 4) is 22.8 Å². The normalized spacial score (nSPS) is 11.1. The standard InChI is InChI=1S/C25H23FN2O4S/c1-14-23(17-13-33-24-16(17)6-5-7-18(24)26)27-25(28(14)2)20(30)10-9-19(29)15-8-11-21(31-3)22(12-15)32-4/h5-8,11-13H,9-10H2,1-4H3. The van der Waals surface area contributed by atoms with Crippen LogP contribution in [0.4, 0.5) is 4.39 Å². The first-order chi connectivity index (χ1) is 15.8. The molecule has 0 aliphatic heterocycles. The van der Waals surface area contributed by atoms with Gasteiger partial charge in [-0.05, 0) is 31.2 Å². The van der Waals surface area contributed by atoms with E-state index in [1.54, 1.807) is 35.9 Å². The first kappa shape index (κ1) is 22.7. The number of hydrogen-bond donors (Lipinski definition) is 0. The van der Waals surface area contributed by atoms with E-state index in [0.717, 1.165) is 16.6 Å². The van der Waals surface area contributed by atoms with Crippen molar-refractivity contribution < 1.29 is 23.5 Å². The van der Waals surface area contributed by atoms with Crippen LogP contribution in [0.1, 0.15) is 39.5 Å². The Labute approximate surface area is 194 Å². The highest BCUT2D eigenvalue weighted by Gasteiger charge is 2.22. The second kappa shape index (κ2) is 9.15. The van der Waals surface area contributed by atoms with Crippen LogP contribution < -0.4 is 9.47 Å². The van der Waals surface area contributed by atoms with Crippen molar-refractivity contribution in [3.05, 3.63) is 64.7 Å². The Kier molecular flexibility index (Phi) is 6.29. The molecule has 8 heteroatoms. The van der Waals surface area contributed by atoms with Gasteiger partial charge >= 0.3 is 0 Å². The predicted molar refractivity (Wildman–Crippen MR) is 126 cm³/mol. The number of thiophene rings is 1. The lowest BCUT2D eigenvalue weighted by Crippen LogP contribution is -2.11. The van der Waals surface area contributed by atoms with Crippen LogP contribution in [0.5, 0.6) is 11.5 Å². The Hall–Kier alpha value is -3.52. The number of ketones is 2. The molecule has 0 radical (unpaired) electrons. The number of methoxy groups -OCH3 is 2. The van der Waals surface area contributed by atoms with E-state index in [4.69, 9.17) is 9.47 Å². The van der Waals surface area contributed by atoms with Gasteiger partial charge in [0, 0.05) is 47.5 Å². The molecule has 6 nitrogen and oxygen atoms in total. The number of Topliss-reactive ketones (excluding diaryl/α,β-unsaturated/α-hetero) is 2. The molecule has 4 rings (SSSR count). The van der Waals surface area contributed by atoms with Gasteiger partial charge in [-0.2, -0.15) is 0 Å². The molecule has 0 N–H and O–H groups in total. The topological polar surface area (TPSA) is 70.4 Å². The molecule has 4 aromatic rings. The van der Waals surface area contributed by atoms with E-state index >= 15 is 0 Å². The van der Waals surface area contributed by atoms with Crippen LogP contribution in [0, 0.1) is 12.7 Å². The van der Waals surface area contributed by atoms with E-state index in [1.807, 2.05) is 18.4 Å². The summed E-state index contributed by atoms with van der Waals surface area (Å²) >= 11 is 1.31. The number of imidazole rings is 1. The molecule has 0 amide bonds. The van der Waals surface area contributed by atoms with Crippen molar-refractivity contribution in [1.82, 2.24) is 9.55 Å². The summed E-state index contributed by atoms with van der Waals surface area (Å²) in [5.41, 5.74) is 2.68. The number of halogens is 1. The fraction of sp³-hybridized carbons (Fsp3) is 0.240. The lowest BCUT2D eigenvalue weighted by atomic mass is 10.0. The van der Waals surface area contributed by atoms with Gasteiger partial charge < -0.3 is 14.0 Å². The molecule has 170 valence electrons. The van der Waals surface area contributed by atoms with E-state index in [2.05, 4.69) is 4.98 Å². The Bertz CT molecular complexity index is 1370. The van der Waals surface area contributed by atoms with Gasteiger partial charge in [0.2, 0.25) is 0 Å². The SMILES string of the molecule is COc1ccc(C(=O)CCC(=O)c2nc(-c3csc4c(F)cccc34)c(C)n2C)cc1OC. The fourth-order valence-corrected chi connectivity index (χ4v) is 4.74. The number of carbonyl (C=O) groups excluding carboxylic acids is 2. The molecule has 0 spiro atoms. The van der Waals surface area contributed by atoms with Crippen LogP contribution >= 0.6 is 11.3 Å². The van der Waals surface area contributed by atoms with Gasteiger partial charge in [0.1, 0.15) is 5.82 Å². The zero-order valence-corrected chi connectivity index (χ0v) is 19.6. The van der Waals surface area contributed by atoms with Gasteiger partial charge in [-0.25, -0.2) is 9.37 Å². The van der Waals surface area contributed by atoms with Crippen molar-refractivity contribution in [2.45, 2.75) is 19.8 Å². The molecule has 0 saturated heterocycles. The second-order valence-corrected chi connectivity index (χ2v) is 8.49. The van der Waals surface area contributed by atoms with Gasteiger partial charge in [-0.1, -0.05) is 12.1 Å². The maximum Gasteiger partial charge on any atom is 0.198 e. The summed E-state index contributed by atoms with van der Waals surface area (Å²) in [6.07, 6.45) is 0.0675. The number of ether oxygens (including phenoxy) is 2. The van der Waals surface area contributed by atoms with Crippen LogP contribution in [-0.4, -0.2) is 35.3 Å². The maximum atomic E-state index is 14.1. The number of carbonyl (C=O) groups is 2. The Balaban J connectivity index is 1.55. The lowest BCUT2D eigenvalue weighted by molar-refractivity contribution is 0.0910. The van der Waals surface area contributed by atoms with E-state index in [0.29, 0.717) is 27.5 Å². The van der Waals surface area contributed by atoms with Crippen molar-refractivity contribution in [1.29, 1.82) is 0 Å². The molecule has 2 aromatic heterocycles. The van der Waals surface area contributed by atoms with Crippen molar-refractivity contribution in [3.63, 3.8) is 0 Å². The summed E-state index contributed by atoms with van der Waals surface area (Å²) in [6.45, 7) is 1.87. The molecule has 0 fully saturated rings. The monoisotopic (exact) mass is 466 g/mol. The first-order valence-corrected chi connectivity index (χ1v) is 11.2. The molecule has 0 unspecified atom stereocenters. The number of benzene rings is 2.